The van der Waals surface area contributed by atoms with Crippen LogP contribution in [-0.2, 0) is 9.53 Å². The number of carbonyl (C=O) groups is 2. The van der Waals surface area contributed by atoms with Crippen molar-refractivity contribution in [2.75, 3.05) is 6.54 Å². The Morgan fingerprint density at radius 3 is 2.61 bits per heavy atom. The number of aromatic nitrogens is 1. The molecule has 1 rings (SSSR count). The molecule has 1 aromatic rings. The lowest BCUT2D eigenvalue weighted by atomic mass is 10.2. The molecule has 0 unspecified atom stereocenters. The van der Waals surface area contributed by atoms with E-state index in [1.54, 1.807) is 33.0 Å². The highest BCUT2D eigenvalue weighted by Crippen LogP contribution is 2.09. The summed E-state index contributed by atoms with van der Waals surface area (Å²) in [6, 6.07) is 1.62. The molecule has 18 heavy (non-hydrogen) atoms. The Kier molecular flexibility index (Phi) is 4.84. The van der Waals surface area contributed by atoms with Crippen LogP contribution in [-0.4, -0.2) is 29.0 Å². The number of halogens is 1. The molecule has 1 N–H and O–H groups in total. The standard InChI is InChI=1S/C12H15BrN2O3/c1-12(2,3)18-10(16)7-15-11(17)8-4-9(13)6-14-5-8/h4-6H,7H2,1-3H3,(H,15,17). The summed E-state index contributed by atoms with van der Waals surface area (Å²) in [6.07, 6.45) is 3.00. The monoisotopic (exact) mass is 314 g/mol. The molecule has 0 radical (unpaired) electrons. The van der Waals surface area contributed by atoms with Crippen LogP contribution in [0.15, 0.2) is 22.9 Å². The zero-order valence-electron chi connectivity index (χ0n) is 10.5. The highest BCUT2D eigenvalue weighted by Gasteiger charge is 2.17. The maximum absolute atomic E-state index is 11.7. The second-order valence-corrected chi connectivity index (χ2v) is 5.58. The fourth-order valence-corrected chi connectivity index (χ4v) is 1.53. The molecule has 0 bridgehead atoms. The van der Waals surface area contributed by atoms with Crippen LogP contribution in [0.25, 0.3) is 0 Å². The largest absolute Gasteiger partial charge is 0.459 e. The van der Waals surface area contributed by atoms with Crippen molar-refractivity contribution in [3.63, 3.8) is 0 Å². The first-order valence-electron chi connectivity index (χ1n) is 5.38. The molecule has 0 aliphatic rings. The molecule has 0 fully saturated rings. The number of pyridine rings is 1. The molecule has 0 spiro atoms. The summed E-state index contributed by atoms with van der Waals surface area (Å²) in [6.45, 7) is 5.14. The minimum absolute atomic E-state index is 0.164. The molecule has 0 saturated carbocycles. The van der Waals surface area contributed by atoms with E-state index in [-0.39, 0.29) is 12.5 Å². The lowest BCUT2D eigenvalue weighted by Crippen LogP contribution is -2.34. The lowest BCUT2D eigenvalue weighted by Gasteiger charge is -2.19. The Morgan fingerprint density at radius 1 is 1.39 bits per heavy atom. The second kappa shape index (κ2) is 5.95. The number of nitrogens with one attached hydrogen (secondary N) is 1. The Labute approximate surface area is 114 Å². The number of amides is 1. The van der Waals surface area contributed by atoms with Crippen LogP contribution in [0.2, 0.25) is 0 Å². The highest BCUT2D eigenvalue weighted by molar-refractivity contribution is 9.10. The minimum Gasteiger partial charge on any atom is -0.459 e. The summed E-state index contributed by atoms with van der Waals surface area (Å²) in [5, 5.41) is 2.47. The first kappa shape index (κ1) is 14.6. The molecule has 98 valence electrons. The van der Waals surface area contributed by atoms with Crippen molar-refractivity contribution >= 4 is 27.8 Å². The Hall–Kier alpha value is -1.43. The molecule has 1 aromatic heterocycles. The molecule has 6 heteroatoms. The van der Waals surface area contributed by atoms with Crippen molar-refractivity contribution in [3.05, 3.63) is 28.5 Å². The van der Waals surface area contributed by atoms with Gasteiger partial charge < -0.3 is 10.1 Å². The van der Waals surface area contributed by atoms with E-state index in [1.165, 1.54) is 6.20 Å². The fourth-order valence-electron chi connectivity index (χ4n) is 1.17. The van der Waals surface area contributed by atoms with Gasteiger partial charge in [-0.1, -0.05) is 0 Å². The van der Waals surface area contributed by atoms with E-state index in [2.05, 4.69) is 26.2 Å². The first-order valence-corrected chi connectivity index (χ1v) is 6.18. The summed E-state index contributed by atoms with van der Waals surface area (Å²) >= 11 is 3.22. The number of esters is 1. The maximum atomic E-state index is 11.7. The average molecular weight is 315 g/mol. The van der Waals surface area contributed by atoms with E-state index in [0.29, 0.717) is 10.0 Å². The lowest BCUT2D eigenvalue weighted by molar-refractivity contribution is -0.153. The zero-order chi connectivity index (χ0) is 13.8. The van der Waals surface area contributed by atoms with Gasteiger partial charge in [-0.25, -0.2) is 0 Å². The summed E-state index contributed by atoms with van der Waals surface area (Å²) in [5.41, 5.74) is -0.174. The number of nitrogens with zero attached hydrogens (tertiary/aromatic N) is 1. The number of ether oxygens (including phenoxy) is 1. The molecule has 0 saturated heterocycles. The maximum Gasteiger partial charge on any atom is 0.325 e. The summed E-state index contributed by atoms with van der Waals surface area (Å²) < 4.78 is 5.77. The summed E-state index contributed by atoms with van der Waals surface area (Å²) in [7, 11) is 0. The van der Waals surface area contributed by atoms with E-state index >= 15 is 0 Å². The third-order valence-electron chi connectivity index (χ3n) is 1.78. The van der Waals surface area contributed by atoms with Gasteiger partial charge in [0.25, 0.3) is 5.91 Å². The zero-order valence-corrected chi connectivity index (χ0v) is 12.1. The van der Waals surface area contributed by atoms with E-state index in [9.17, 15) is 9.59 Å². The van der Waals surface area contributed by atoms with Crippen molar-refractivity contribution in [3.8, 4) is 0 Å². The molecule has 1 heterocycles. The van der Waals surface area contributed by atoms with Crippen LogP contribution in [0.3, 0.4) is 0 Å². The average Bonchev–Trinajstić information content (AvgIpc) is 2.23. The molecule has 0 atom stereocenters. The molecule has 0 aliphatic heterocycles. The van der Waals surface area contributed by atoms with Crippen LogP contribution in [0.1, 0.15) is 31.1 Å². The summed E-state index contributed by atoms with van der Waals surface area (Å²) in [4.78, 5) is 27.0. The van der Waals surface area contributed by atoms with Gasteiger partial charge in [0.1, 0.15) is 12.1 Å². The minimum atomic E-state index is -0.556. The number of rotatable bonds is 3. The van der Waals surface area contributed by atoms with E-state index in [4.69, 9.17) is 4.74 Å². The topological polar surface area (TPSA) is 68.3 Å². The Bertz CT molecular complexity index is 455. The normalized spacial score (nSPS) is 10.9. The second-order valence-electron chi connectivity index (χ2n) is 4.66. The molecular weight excluding hydrogens is 300 g/mol. The third kappa shape index (κ3) is 5.27. The van der Waals surface area contributed by atoms with Crippen molar-refractivity contribution < 1.29 is 14.3 Å². The van der Waals surface area contributed by atoms with Crippen LogP contribution >= 0.6 is 15.9 Å². The van der Waals surface area contributed by atoms with Crippen LogP contribution < -0.4 is 5.32 Å². The van der Waals surface area contributed by atoms with Gasteiger partial charge in [0.05, 0.1) is 5.56 Å². The Morgan fingerprint density at radius 2 is 2.06 bits per heavy atom. The smallest absolute Gasteiger partial charge is 0.325 e. The predicted molar refractivity (Wildman–Crippen MR) is 70.1 cm³/mol. The quantitative estimate of drug-likeness (QED) is 0.865. The van der Waals surface area contributed by atoms with Crippen LogP contribution in [0, 0.1) is 0 Å². The number of hydrogen-bond donors (Lipinski definition) is 1. The molecule has 0 aliphatic carbocycles. The van der Waals surface area contributed by atoms with E-state index in [1.807, 2.05) is 0 Å². The van der Waals surface area contributed by atoms with Crippen molar-refractivity contribution in [1.82, 2.24) is 10.3 Å². The van der Waals surface area contributed by atoms with Crippen LogP contribution in [0.4, 0.5) is 0 Å². The van der Waals surface area contributed by atoms with Gasteiger partial charge in [-0.3, -0.25) is 14.6 Å². The van der Waals surface area contributed by atoms with Gasteiger partial charge >= 0.3 is 5.97 Å². The van der Waals surface area contributed by atoms with Crippen molar-refractivity contribution in [1.29, 1.82) is 0 Å². The van der Waals surface area contributed by atoms with Crippen molar-refractivity contribution in [2.45, 2.75) is 26.4 Å². The van der Waals surface area contributed by atoms with Gasteiger partial charge in [0.15, 0.2) is 0 Å². The molecule has 1 amide bonds. The highest BCUT2D eigenvalue weighted by atomic mass is 79.9. The van der Waals surface area contributed by atoms with Gasteiger partial charge in [-0.15, -0.1) is 0 Å². The first-order chi connectivity index (χ1) is 8.28. The summed E-state index contributed by atoms with van der Waals surface area (Å²) in [5.74, 6) is -0.839. The van der Waals surface area contributed by atoms with Gasteiger partial charge in [-0.05, 0) is 42.8 Å². The number of carbonyl (C=O) groups excluding carboxylic acids is 2. The molecule has 0 aromatic carbocycles. The predicted octanol–water partition coefficient (Wildman–Crippen LogP) is 1.92. The van der Waals surface area contributed by atoms with Crippen molar-refractivity contribution in [2.24, 2.45) is 0 Å². The van der Waals surface area contributed by atoms with Gasteiger partial charge in [0, 0.05) is 16.9 Å². The Balaban J connectivity index is 2.49. The van der Waals surface area contributed by atoms with Gasteiger partial charge in [0.2, 0.25) is 0 Å². The number of hydrogen-bond acceptors (Lipinski definition) is 4. The SMILES string of the molecule is CC(C)(C)OC(=O)CNC(=O)c1cncc(Br)c1. The van der Waals surface area contributed by atoms with E-state index < -0.39 is 11.6 Å². The third-order valence-corrected chi connectivity index (χ3v) is 2.21. The van der Waals surface area contributed by atoms with Crippen LogP contribution in [0.5, 0.6) is 0 Å². The fraction of sp³-hybridized carbons (Fsp3) is 0.417. The molecule has 5 nitrogen and oxygen atoms in total. The molecular formula is C12H15BrN2O3. The van der Waals surface area contributed by atoms with Gasteiger partial charge in [-0.2, -0.15) is 0 Å². The van der Waals surface area contributed by atoms with E-state index in [0.717, 1.165) is 0 Å².